The van der Waals surface area contributed by atoms with Crippen molar-refractivity contribution in [3.05, 3.63) is 35.4 Å². The number of hydrogen-bond acceptors (Lipinski definition) is 3. The van der Waals surface area contributed by atoms with Crippen molar-refractivity contribution >= 4 is 5.91 Å². The predicted molar refractivity (Wildman–Crippen MR) is 101 cm³/mol. The van der Waals surface area contributed by atoms with Crippen LogP contribution in [0.2, 0.25) is 0 Å². The summed E-state index contributed by atoms with van der Waals surface area (Å²) in [5.41, 5.74) is 2.15. The Morgan fingerprint density at radius 1 is 1.24 bits per heavy atom. The molecule has 0 aromatic heterocycles. The van der Waals surface area contributed by atoms with Gasteiger partial charge in [-0.2, -0.15) is 0 Å². The summed E-state index contributed by atoms with van der Waals surface area (Å²) < 4.78 is 5.66. The van der Waals surface area contributed by atoms with Crippen molar-refractivity contribution in [1.82, 2.24) is 10.2 Å². The maximum Gasteiger partial charge on any atom is 0.253 e. The van der Waals surface area contributed by atoms with Gasteiger partial charge < -0.3 is 15.0 Å². The SMILES string of the molecule is CCCOC[C@@H]1CCN(C(=O)c2cccc(CC3CCNCC3)c2)C1. The Morgan fingerprint density at radius 3 is 2.88 bits per heavy atom. The molecule has 2 saturated heterocycles. The number of nitrogens with zero attached hydrogens (tertiary/aromatic N) is 1. The fourth-order valence-electron chi connectivity index (χ4n) is 3.98. The molecule has 138 valence electrons. The second-order valence-corrected chi connectivity index (χ2v) is 7.58. The Hall–Kier alpha value is -1.39. The maximum absolute atomic E-state index is 12.8. The van der Waals surface area contributed by atoms with E-state index in [-0.39, 0.29) is 5.91 Å². The van der Waals surface area contributed by atoms with Gasteiger partial charge in [-0.3, -0.25) is 4.79 Å². The number of carbonyl (C=O) groups excluding carboxylic acids is 1. The molecule has 0 unspecified atom stereocenters. The van der Waals surface area contributed by atoms with E-state index in [0.717, 1.165) is 70.1 Å². The lowest BCUT2D eigenvalue weighted by Crippen LogP contribution is -2.30. The van der Waals surface area contributed by atoms with Crippen LogP contribution in [0.15, 0.2) is 24.3 Å². The van der Waals surface area contributed by atoms with Crippen molar-refractivity contribution in [3.63, 3.8) is 0 Å². The summed E-state index contributed by atoms with van der Waals surface area (Å²) in [7, 11) is 0. The van der Waals surface area contributed by atoms with Gasteiger partial charge in [0.05, 0.1) is 6.61 Å². The molecule has 4 nitrogen and oxygen atoms in total. The summed E-state index contributed by atoms with van der Waals surface area (Å²) >= 11 is 0. The third kappa shape index (κ3) is 5.29. The number of piperidine rings is 1. The van der Waals surface area contributed by atoms with Gasteiger partial charge in [0.2, 0.25) is 0 Å². The van der Waals surface area contributed by atoms with E-state index in [2.05, 4.69) is 24.4 Å². The molecule has 0 aliphatic carbocycles. The lowest BCUT2D eigenvalue weighted by Gasteiger charge is -2.23. The van der Waals surface area contributed by atoms with Crippen molar-refractivity contribution in [2.24, 2.45) is 11.8 Å². The molecule has 0 spiro atoms. The summed E-state index contributed by atoms with van der Waals surface area (Å²) in [5, 5.41) is 3.42. The molecule has 2 aliphatic rings. The zero-order valence-electron chi connectivity index (χ0n) is 15.5. The third-order valence-corrected chi connectivity index (χ3v) is 5.43. The smallest absolute Gasteiger partial charge is 0.253 e. The summed E-state index contributed by atoms with van der Waals surface area (Å²) in [6.45, 7) is 7.67. The van der Waals surface area contributed by atoms with Crippen LogP contribution in [0.5, 0.6) is 0 Å². The Labute approximate surface area is 151 Å². The minimum Gasteiger partial charge on any atom is -0.381 e. The third-order valence-electron chi connectivity index (χ3n) is 5.43. The van der Waals surface area contributed by atoms with Crippen LogP contribution in [0.4, 0.5) is 0 Å². The van der Waals surface area contributed by atoms with Crippen LogP contribution in [0, 0.1) is 11.8 Å². The minimum absolute atomic E-state index is 0.185. The van der Waals surface area contributed by atoms with E-state index in [0.29, 0.717) is 5.92 Å². The number of nitrogens with one attached hydrogen (secondary N) is 1. The van der Waals surface area contributed by atoms with Gasteiger partial charge in [-0.15, -0.1) is 0 Å². The van der Waals surface area contributed by atoms with E-state index >= 15 is 0 Å². The van der Waals surface area contributed by atoms with Gasteiger partial charge in [0.25, 0.3) is 5.91 Å². The molecule has 0 radical (unpaired) electrons. The highest BCUT2D eigenvalue weighted by Crippen LogP contribution is 2.22. The number of likely N-dealkylation sites (tertiary alicyclic amines) is 1. The van der Waals surface area contributed by atoms with Gasteiger partial charge in [0, 0.05) is 31.2 Å². The highest BCUT2D eigenvalue weighted by Gasteiger charge is 2.27. The summed E-state index contributed by atoms with van der Waals surface area (Å²) in [4.78, 5) is 14.8. The van der Waals surface area contributed by atoms with E-state index in [1.807, 2.05) is 17.0 Å². The quantitative estimate of drug-likeness (QED) is 0.773. The standard InChI is InChI=1S/C21H32N2O2/c1-2-12-25-16-19-8-11-23(15-19)21(24)20-5-3-4-18(14-20)13-17-6-9-22-10-7-17/h3-5,14,17,19,22H,2,6-13,15-16H2,1H3/t19-/m1/s1. The van der Waals surface area contributed by atoms with E-state index in [1.54, 1.807) is 0 Å². The molecule has 2 fully saturated rings. The van der Waals surface area contributed by atoms with Crippen LogP contribution in [0.25, 0.3) is 0 Å². The number of carbonyl (C=O) groups is 1. The van der Waals surface area contributed by atoms with Gasteiger partial charge in [0.1, 0.15) is 0 Å². The maximum atomic E-state index is 12.8. The number of hydrogen-bond donors (Lipinski definition) is 1. The topological polar surface area (TPSA) is 41.6 Å². The van der Waals surface area contributed by atoms with Crippen molar-refractivity contribution in [2.45, 2.75) is 39.0 Å². The van der Waals surface area contributed by atoms with E-state index < -0.39 is 0 Å². The monoisotopic (exact) mass is 344 g/mol. The molecule has 1 N–H and O–H groups in total. The van der Waals surface area contributed by atoms with Gasteiger partial charge in [-0.25, -0.2) is 0 Å². The van der Waals surface area contributed by atoms with Gasteiger partial charge >= 0.3 is 0 Å². The Balaban J connectivity index is 1.54. The number of rotatable bonds is 7. The molecular weight excluding hydrogens is 312 g/mol. The van der Waals surface area contributed by atoms with Crippen LogP contribution >= 0.6 is 0 Å². The summed E-state index contributed by atoms with van der Waals surface area (Å²) in [6, 6.07) is 8.30. The molecule has 3 rings (SSSR count). The molecule has 1 atom stereocenters. The number of benzene rings is 1. The molecule has 0 bridgehead atoms. The van der Waals surface area contributed by atoms with E-state index in [4.69, 9.17) is 4.74 Å². The second-order valence-electron chi connectivity index (χ2n) is 7.58. The van der Waals surface area contributed by atoms with Gasteiger partial charge in [-0.1, -0.05) is 19.1 Å². The fourth-order valence-corrected chi connectivity index (χ4v) is 3.98. The average molecular weight is 344 g/mol. The van der Waals surface area contributed by atoms with Crippen LogP contribution in [-0.2, 0) is 11.2 Å². The largest absolute Gasteiger partial charge is 0.381 e. The van der Waals surface area contributed by atoms with Crippen molar-refractivity contribution < 1.29 is 9.53 Å². The van der Waals surface area contributed by atoms with E-state index in [9.17, 15) is 4.79 Å². The second kappa shape index (κ2) is 9.35. The highest BCUT2D eigenvalue weighted by atomic mass is 16.5. The van der Waals surface area contributed by atoms with E-state index in [1.165, 1.54) is 18.4 Å². The first-order chi connectivity index (χ1) is 12.3. The molecule has 1 aromatic carbocycles. The number of ether oxygens (including phenoxy) is 1. The molecule has 1 amide bonds. The normalized spacial score (nSPS) is 21.6. The fraction of sp³-hybridized carbons (Fsp3) is 0.667. The lowest BCUT2D eigenvalue weighted by molar-refractivity contribution is 0.0754. The zero-order chi connectivity index (χ0) is 17.5. The highest BCUT2D eigenvalue weighted by molar-refractivity contribution is 5.94. The minimum atomic E-state index is 0.185. The Bertz CT molecular complexity index is 555. The molecule has 2 heterocycles. The van der Waals surface area contributed by atoms with Gasteiger partial charge in [0.15, 0.2) is 0 Å². The molecule has 25 heavy (non-hydrogen) atoms. The first-order valence-electron chi connectivity index (χ1n) is 9.93. The van der Waals surface area contributed by atoms with Crippen LogP contribution in [-0.4, -0.2) is 50.2 Å². The summed E-state index contributed by atoms with van der Waals surface area (Å²) in [6.07, 6.45) is 5.69. The van der Waals surface area contributed by atoms with Crippen LogP contribution in [0.1, 0.15) is 48.5 Å². The molecule has 4 heteroatoms. The van der Waals surface area contributed by atoms with Crippen molar-refractivity contribution in [1.29, 1.82) is 0 Å². The summed E-state index contributed by atoms with van der Waals surface area (Å²) in [5.74, 6) is 1.43. The lowest BCUT2D eigenvalue weighted by atomic mass is 9.90. The van der Waals surface area contributed by atoms with Crippen LogP contribution in [0.3, 0.4) is 0 Å². The Kier molecular flexibility index (Phi) is 6.88. The molecular formula is C21H32N2O2. The number of amides is 1. The Morgan fingerprint density at radius 2 is 2.08 bits per heavy atom. The molecule has 1 aromatic rings. The van der Waals surface area contributed by atoms with Gasteiger partial charge in [-0.05, 0) is 68.8 Å². The first kappa shape index (κ1) is 18.4. The average Bonchev–Trinajstić information content (AvgIpc) is 3.11. The predicted octanol–water partition coefficient (Wildman–Crippen LogP) is 3.12. The van der Waals surface area contributed by atoms with Crippen molar-refractivity contribution in [3.8, 4) is 0 Å². The first-order valence-corrected chi connectivity index (χ1v) is 9.93. The molecule has 2 aliphatic heterocycles. The zero-order valence-corrected chi connectivity index (χ0v) is 15.5. The molecule has 0 saturated carbocycles. The van der Waals surface area contributed by atoms with Crippen molar-refractivity contribution in [2.75, 3.05) is 39.4 Å². The van der Waals surface area contributed by atoms with Crippen LogP contribution < -0.4 is 5.32 Å².